The van der Waals surface area contributed by atoms with E-state index in [0.29, 0.717) is 5.56 Å². The van der Waals surface area contributed by atoms with Gasteiger partial charge in [0, 0.05) is 12.1 Å². The number of rotatable bonds is 7. The molecule has 2 aromatic rings. The van der Waals surface area contributed by atoms with Gasteiger partial charge in [-0.3, -0.25) is 4.79 Å². The molecule has 2 aromatic carbocycles. The number of aromatic hydroxyl groups is 2. The van der Waals surface area contributed by atoms with E-state index in [1.54, 1.807) is 12.1 Å². The fraction of sp³-hybridized carbons (Fsp3) is 0.318. The van der Waals surface area contributed by atoms with Crippen molar-refractivity contribution in [1.29, 1.82) is 0 Å². The lowest BCUT2D eigenvalue weighted by molar-refractivity contribution is -0.277. The lowest BCUT2D eigenvalue weighted by Crippen LogP contribution is -2.60. The molecule has 5 atom stereocenters. The van der Waals surface area contributed by atoms with Gasteiger partial charge >= 0.3 is 0 Å². The summed E-state index contributed by atoms with van der Waals surface area (Å²) < 4.78 is 15.9. The first kappa shape index (κ1) is 23.5. The molecule has 0 bridgehead atoms. The van der Waals surface area contributed by atoms with E-state index in [9.17, 15) is 35.4 Å². The average Bonchev–Trinajstić information content (AvgIpc) is 2.78. The predicted molar refractivity (Wildman–Crippen MR) is 111 cm³/mol. The largest absolute Gasteiger partial charge is 0.508 e. The first-order valence-corrected chi connectivity index (χ1v) is 9.64. The summed E-state index contributed by atoms with van der Waals surface area (Å²) in [4.78, 5) is 12.6. The molecule has 0 aromatic heterocycles. The summed E-state index contributed by atoms with van der Waals surface area (Å²) in [6, 6.07) is 8.52. The Morgan fingerprint density at radius 3 is 2.38 bits per heavy atom. The molecule has 32 heavy (non-hydrogen) atoms. The van der Waals surface area contributed by atoms with Gasteiger partial charge in [-0.1, -0.05) is 18.2 Å². The molecule has 1 fully saturated rings. The van der Waals surface area contributed by atoms with E-state index in [4.69, 9.17) is 14.2 Å². The molecule has 1 saturated heterocycles. The van der Waals surface area contributed by atoms with Crippen molar-refractivity contribution < 1.29 is 49.6 Å². The minimum Gasteiger partial charge on any atom is -0.508 e. The van der Waals surface area contributed by atoms with Crippen LogP contribution in [0.1, 0.15) is 15.9 Å². The fourth-order valence-corrected chi connectivity index (χ4v) is 3.19. The minimum atomic E-state index is -1.64. The van der Waals surface area contributed by atoms with E-state index in [0.717, 1.165) is 6.07 Å². The lowest BCUT2D eigenvalue weighted by atomic mass is 9.99. The van der Waals surface area contributed by atoms with Crippen molar-refractivity contribution >= 4 is 11.9 Å². The van der Waals surface area contributed by atoms with E-state index < -0.39 is 48.8 Å². The van der Waals surface area contributed by atoms with Crippen molar-refractivity contribution in [3.05, 3.63) is 53.6 Å². The Hall–Kier alpha value is -3.15. The zero-order valence-electron chi connectivity index (χ0n) is 17.0. The van der Waals surface area contributed by atoms with Crippen LogP contribution in [0.25, 0.3) is 6.08 Å². The number of methoxy groups -OCH3 is 1. The molecule has 1 unspecified atom stereocenters. The third kappa shape index (κ3) is 5.01. The van der Waals surface area contributed by atoms with Crippen LogP contribution in [0.4, 0.5) is 0 Å². The average molecular weight is 448 g/mol. The maximum atomic E-state index is 12.6. The topological polar surface area (TPSA) is 166 Å². The summed E-state index contributed by atoms with van der Waals surface area (Å²) >= 11 is 0. The van der Waals surface area contributed by atoms with Crippen LogP contribution in [0.15, 0.2) is 42.5 Å². The van der Waals surface area contributed by atoms with Gasteiger partial charge in [-0.25, -0.2) is 0 Å². The zero-order chi connectivity index (χ0) is 23.4. The second-order valence-electron chi connectivity index (χ2n) is 7.12. The standard InChI is InChI=1S/C22H24O10/c1-30-16-9-13(31-22-21(29)20(28)19(27)17(10-23)32-22)8-15(26)18(16)14(25)7-4-11-2-5-12(24)6-3-11/h2-9,17,19-24,26-29H,10H2,1H3/t17-,19-,20+,21-,22?/m1/s1. The molecule has 10 nitrogen and oxygen atoms in total. The second-order valence-corrected chi connectivity index (χ2v) is 7.12. The van der Waals surface area contributed by atoms with Crippen LogP contribution in [0, 0.1) is 0 Å². The molecule has 1 aliphatic heterocycles. The Balaban J connectivity index is 1.81. The number of phenols is 2. The number of ketones is 1. The van der Waals surface area contributed by atoms with Crippen LogP contribution in [0.3, 0.4) is 0 Å². The number of aliphatic hydroxyl groups excluding tert-OH is 4. The predicted octanol–water partition coefficient (Wildman–Crippen LogP) is 0.181. The van der Waals surface area contributed by atoms with Crippen molar-refractivity contribution in [3.63, 3.8) is 0 Å². The number of aliphatic hydroxyl groups is 4. The molecular weight excluding hydrogens is 424 g/mol. The highest BCUT2D eigenvalue weighted by molar-refractivity contribution is 6.10. The normalized spacial score (nSPS) is 25.6. The molecule has 0 saturated carbocycles. The SMILES string of the molecule is COc1cc(OC2O[C@H](CO)[C@@H](O)[C@H](O)[C@H]2O)cc(O)c1C(=O)C=Cc1ccc(O)cc1. The smallest absolute Gasteiger partial charge is 0.229 e. The van der Waals surface area contributed by atoms with Crippen LogP contribution in [-0.2, 0) is 4.74 Å². The van der Waals surface area contributed by atoms with Crippen LogP contribution >= 0.6 is 0 Å². The van der Waals surface area contributed by atoms with Crippen molar-refractivity contribution in [2.45, 2.75) is 30.7 Å². The van der Waals surface area contributed by atoms with Crippen molar-refractivity contribution in [2.24, 2.45) is 0 Å². The van der Waals surface area contributed by atoms with Gasteiger partial charge in [0.05, 0.1) is 13.7 Å². The Morgan fingerprint density at radius 2 is 1.75 bits per heavy atom. The maximum Gasteiger partial charge on any atom is 0.229 e. The Labute approximate surface area is 183 Å². The third-order valence-corrected chi connectivity index (χ3v) is 4.94. The van der Waals surface area contributed by atoms with Crippen LogP contribution in [0.2, 0.25) is 0 Å². The van der Waals surface area contributed by atoms with Crippen LogP contribution in [-0.4, -0.2) is 80.8 Å². The highest BCUT2D eigenvalue weighted by Gasteiger charge is 2.44. The molecule has 0 spiro atoms. The summed E-state index contributed by atoms with van der Waals surface area (Å²) in [5.74, 6) is -1.02. The number of hydrogen-bond acceptors (Lipinski definition) is 10. The molecule has 0 amide bonds. The number of allylic oxidation sites excluding steroid dienone is 1. The van der Waals surface area contributed by atoms with E-state index in [1.807, 2.05) is 0 Å². The molecule has 0 aliphatic carbocycles. The van der Waals surface area contributed by atoms with Crippen molar-refractivity contribution in [1.82, 2.24) is 0 Å². The number of hydrogen-bond donors (Lipinski definition) is 6. The third-order valence-electron chi connectivity index (χ3n) is 4.94. The number of carbonyl (C=O) groups is 1. The minimum absolute atomic E-state index is 0.0232. The Kier molecular flexibility index (Phi) is 7.33. The highest BCUT2D eigenvalue weighted by Crippen LogP contribution is 2.35. The van der Waals surface area contributed by atoms with E-state index in [1.165, 1.54) is 37.5 Å². The number of ether oxygens (including phenoxy) is 3. The first-order chi connectivity index (χ1) is 15.2. The summed E-state index contributed by atoms with van der Waals surface area (Å²) in [5, 5.41) is 58.8. The first-order valence-electron chi connectivity index (χ1n) is 9.64. The van der Waals surface area contributed by atoms with E-state index in [-0.39, 0.29) is 22.8 Å². The zero-order valence-corrected chi connectivity index (χ0v) is 17.0. The van der Waals surface area contributed by atoms with Crippen LogP contribution in [0.5, 0.6) is 23.0 Å². The summed E-state index contributed by atoms with van der Waals surface area (Å²) in [6.45, 7) is -0.625. The molecule has 6 N–H and O–H groups in total. The number of phenolic OH excluding ortho intramolecular Hbond substituents is 2. The number of carbonyl (C=O) groups excluding carboxylic acids is 1. The molecule has 1 heterocycles. The van der Waals surface area contributed by atoms with Gasteiger partial charge in [0.15, 0.2) is 5.78 Å². The monoisotopic (exact) mass is 448 g/mol. The van der Waals surface area contributed by atoms with Gasteiger partial charge in [0.2, 0.25) is 6.29 Å². The van der Waals surface area contributed by atoms with Crippen LogP contribution < -0.4 is 9.47 Å². The quantitative estimate of drug-likeness (QED) is 0.254. The molecule has 1 aliphatic rings. The molecule has 10 heteroatoms. The van der Waals surface area contributed by atoms with E-state index in [2.05, 4.69) is 0 Å². The van der Waals surface area contributed by atoms with Gasteiger partial charge in [0.25, 0.3) is 0 Å². The highest BCUT2D eigenvalue weighted by atomic mass is 16.7. The van der Waals surface area contributed by atoms with Crippen molar-refractivity contribution in [3.8, 4) is 23.0 Å². The Bertz CT molecular complexity index is 969. The lowest BCUT2D eigenvalue weighted by Gasteiger charge is -2.39. The summed E-state index contributed by atoms with van der Waals surface area (Å²) in [7, 11) is 1.28. The fourth-order valence-electron chi connectivity index (χ4n) is 3.19. The summed E-state index contributed by atoms with van der Waals surface area (Å²) in [5.41, 5.74) is 0.515. The van der Waals surface area contributed by atoms with Gasteiger partial charge < -0.3 is 44.8 Å². The van der Waals surface area contributed by atoms with Gasteiger partial charge in [-0.15, -0.1) is 0 Å². The van der Waals surface area contributed by atoms with Crippen molar-refractivity contribution in [2.75, 3.05) is 13.7 Å². The number of benzene rings is 2. The molecule has 172 valence electrons. The van der Waals surface area contributed by atoms with Gasteiger partial charge in [-0.2, -0.15) is 0 Å². The van der Waals surface area contributed by atoms with E-state index >= 15 is 0 Å². The maximum absolute atomic E-state index is 12.6. The summed E-state index contributed by atoms with van der Waals surface area (Å²) in [6.07, 6.45) is -4.73. The molecule has 3 rings (SSSR count). The van der Waals surface area contributed by atoms with Gasteiger partial charge in [0.1, 0.15) is 53.0 Å². The second kappa shape index (κ2) is 9.98. The Morgan fingerprint density at radius 1 is 1.06 bits per heavy atom. The van der Waals surface area contributed by atoms with Gasteiger partial charge in [-0.05, 0) is 23.8 Å². The molecule has 0 radical (unpaired) electrons. The molecular formula is C22H24O10.